The van der Waals surface area contributed by atoms with Gasteiger partial charge in [-0.25, -0.2) is 8.42 Å². The van der Waals surface area contributed by atoms with Gasteiger partial charge in [-0.05, 0) is 61.0 Å². The van der Waals surface area contributed by atoms with Crippen LogP contribution in [0.4, 0.5) is 11.4 Å². The highest BCUT2D eigenvalue weighted by Crippen LogP contribution is 2.21. The topological polar surface area (TPSA) is 87.3 Å². The molecule has 3 N–H and O–H groups in total. The molecule has 0 aliphatic carbocycles. The SMILES string of the molecule is C#CCNS(=O)(=O)c1ccc(C(=O)Nc2ccc(NC(C)c3ccccc3)cc2)cc1. The van der Waals surface area contributed by atoms with Crippen LogP contribution in [0.25, 0.3) is 0 Å². The largest absolute Gasteiger partial charge is 0.379 e. The summed E-state index contributed by atoms with van der Waals surface area (Å²) in [5.74, 6) is 1.88. The number of benzene rings is 3. The Bertz CT molecular complexity index is 1170. The molecule has 31 heavy (non-hydrogen) atoms. The number of carbonyl (C=O) groups is 1. The fourth-order valence-electron chi connectivity index (χ4n) is 2.93. The lowest BCUT2D eigenvalue weighted by atomic mass is 10.1. The van der Waals surface area contributed by atoms with Crippen LogP contribution in [0, 0.1) is 12.3 Å². The molecule has 3 rings (SSSR count). The molecule has 0 aliphatic heterocycles. The Labute approximate surface area is 182 Å². The molecule has 0 bridgehead atoms. The average molecular weight is 434 g/mol. The number of hydrogen-bond donors (Lipinski definition) is 3. The standard InChI is InChI=1S/C24H23N3O3S/c1-3-17-25-31(29,30)23-15-9-20(10-16-23)24(28)27-22-13-11-21(12-14-22)26-18(2)19-7-5-4-6-8-19/h1,4-16,18,25-26H,17H2,2H3,(H,27,28). The Balaban J connectivity index is 1.61. The van der Waals surface area contributed by atoms with E-state index in [1.165, 1.54) is 29.8 Å². The van der Waals surface area contributed by atoms with Crippen LogP contribution in [0.15, 0.2) is 83.8 Å². The average Bonchev–Trinajstić information content (AvgIpc) is 2.79. The van der Waals surface area contributed by atoms with Crippen molar-refractivity contribution in [1.29, 1.82) is 0 Å². The maximum absolute atomic E-state index is 12.5. The van der Waals surface area contributed by atoms with E-state index in [1.54, 1.807) is 12.1 Å². The molecule has 1 atom stereocenters. The van der Waals surface area contributed by atoms with E-state index in [0.717, 1.165) is 5.69 Å². The number of anilines is 2. The minimum absolute atomic E-state index is 0.0438. The Kier molecular flexibility index (Phi) is 7.08. The molecular weight excluding hydrogens is 410 g/mol. The van der Waals surface area contributed by atoms with E-state index in [9.17, 15) is 13.2 Å². The lowest BCUT2D eigenvalue weighted by Crippen LogP contribution is -2.24. The predicted octanol–water partition coefficient (Wildman–Crippen LogP) is 4.02. The maximum atomic E-state index is 12.5. The van der Waals surface area contributed by atoms with Crippen molar-refractivity contribution in [3.05, 3.63) is 90.0 Å². The molecule has 0 saturated heterocycles. The third-order valence-electron chi connectivity index (χ3n) is 4.62. The Morgan fingerprint density at radius 3 is 2.16 bits per heavy atom. The van der Waals surface area contributed by atoms with Crippen LogP contribution in [0.2, 0.25) is 0 Å². The molecule has 158 valence electrons. The highest BCUT2D eigenvalue weighted by molar-refractivity contribution is 7.89. The highest BCUT2D eigenvalue weighted by Gasteiger charge is 2.14. The fourth-order valence-corrected chi connectivity index (χ4v) is 3.87. The molecule has 6 nitrogen and oxygen atoms in total. The van der Waals surface area contributed by atoms with E-state index in [4.69, 9.17) is 6.42 Å². The monoisotopic (exact) mass is 433 g/mol. The van der Waals surface area contributed by atoms with E-state index in [1.807, 2.05) is 30.3 Å². The van der Waals surface area contributed by atoms with Gasteiger partial charge in [0.25, 0.3) is 5.91 Å². The molecule has 1 unspecified atom stereocenters. The molecular formula is C24H23N3O3S. The number of terminal acetylenes is 1. The summed E-state index contributed by atoms with van der Waals surface area (Å²) < 4.78 is 26.4. The van der Waals surface area contributed by atoms with Crippen molar-refractivity contribution in [2.24, 2.45) is 0 Å². The van der Waals surface area contributed by atoms with Gasteiger partial charge < -0.3 is 10.6 Å². The quantitative estimate of drug-likeness (QED) is 0.468. The van der Waals surface area contributed by atoms with Crippen LogP contribution in [-0.2, 0) is 10.0 Å². The first-order valence-electron chi connectivity index (χ1n) is 9.65. The Morgan fingerprint density at radius 1 is 0.935 bits per heavy atom. The summed E-state index contributed by atoms with van der Waals surface area (Å²) in [4.78, 5) is 12.5. The van der Waals surface area contributed by atoms with Gasteiger partial charge in [-0.15, -0.1) is 6.42 Å². The van der Waals surface area contributed by atoms with Gasteiger partial charge in [0.2, 0.25) is 10.0 Å². The summed E-state index contributed by atoms with van der Waals surface area (Å²) >= 11 is 0. The number of rotatable bonds is 8. The van der Waals surface area contributed by atoms with Crippen LogP contribution >= 0.6 is 0 Å². The minimum Gasteiger partial charge on any atom is -0.379 e. The van der Waals surface area contributed by atoms with Crippen LogP contribution in [0.5, 0.6) is 0 Å². The van der Waals surface area contributed by atoms with E-state index < -0.39 is 10.0 Å². The van der Waals surface area contributed by atoms with E-state index >= 15 is 0 Å². The van der Waals surface area contributed by atoms with Crippen LogP contribution in [-0.4, -0.2) is 20.9 Å². The number of nitrogens with one attached hydrogen (secondary N) is 3. The summed E-state index contributed by atoms with van der Waals surface area (Å²) in [7, 11) is -3.69. The van der Waals surface area contributed by atoms with Crippen molar-refractivity contribution in [2.45, 2.75) is 17.9 Å². The molecule has 0 radical (unpaired) electrons. The normalized spacial score (nSPS) is 11.9. The minimum atomic E-state index is -3.69. The summed E-state index contributed by atoms with van der Waals surface area (Å²) in [5.41, 5.74) is 3.09. The smallest absolute Gasteiger partial charge is 0.255 e. The summed E-state index contributed by atoms with van der Waals surface area (Å²) in [6, 6.07) is 23.3. The maximum Gasteiger partial charge on any atom is 0.255 e. The summed E-state index contributed by atoms with van der Waals surface area (Å²) in [5, 5.41) is 6.22. The molecule has 7 heteroatoms. The molecule has 0 fully saturated rings. The lowest BCUT2D eigenvalue weighted by Gasteiger charge is -2.16. The molecule has 0 spiro atoms. The molecule has 0 aromatic heterocycles. The fraction of sp³-hybridized carbons (Fsp3) is 0.125. The Hall–Kier alpha value is -3.60. The predicted molar refractivity (Wildman–Crippen MR) is 123 cm³/mol. The van der Waals surface area contributed by atoms with Gasteiger partial charge in [0.15, 0.2) is 0 Å². The van der Waals surface area contributed by atoms with E-state index in [2.05, 4.69) is 40.3 Å². The van der Waals surface area contributed by atoms with Crippen molar-refractivity contribution in [3.63, 3.8) is 0 Å². The number of hydrogen-bond acceptors (Lipinski definition) is 4. The van der Waals surface area contributed by atoms with Gasteiger partial charge in [-0.1, -0.05) is 36.3 Å². The molecule has 0 aliphatic rings. The van der Waals surface area contributed by atoms with Gasteiger partial charge in [-0.2, -0.15) is 4.72 Å². The van der Waals surface area contributed by atoms with Gasteiger partial charge in [0.05, 0.1) is 11.4 Å². The van der Waals surface area contributed by atoms with Crippen LogP contribution in [0.3, 0.4) is 0 Å². The first-order valence-corrected chi connectivity index (χ1v) is 11.1. The molecule has 1 amide bonds. The second-order valence-corrected chi connectivity index (χ2v) is 8.63. The Morgan fingerprint density at radius 2 is 1.55 bits per heavy atom. The molecule has 0 heterocycles. The molecule has 0 saturated carbocycles. The zero-order valence-corrected chi connectivity index (χ0v) is 17.8. The second kappa shape index (κ2) is 9.94. The zero-order chi connectivity index (χ0) is 22.3. The van der Waals surface area contributed by atoms with Gasteiger partial charge in [-0.3, -0.25) is 4.79 Å². The van der Waals surface area contributed by atoms with Crippen molar-refractivity contribution in [3.8, 4) is 12.3 Å². The second-order valence-electron chi connectivity index (χ2n) is 6.86. The zero-order valence-electron chi connectivity index (χ0n) is 17.0. The highest BCUT2D eigenvalue weighted by atomic mass is 32.2. The first-order chi connectivity index (χ1) is 14.9. The first kappa shape index (κ1) is 22.1. The van der Waals surface area contributed by atoms with Crippen LogP contribution in [0.1, 0.15) is 28.9 Å². The van der Waals surface area contributed by atoms with Gasteiger partial charge in [0, 0.05) is 23.0 Å². The van der Waals surface area contributed by atoms with Crippen LogP contribution < -0.4 is 15.4 Å². The number of carbonyl (C=O) groups excluding carboxylic acids is 1. The van der Waals surface area contributed by atoms with E-state index in [0.29, 0.717) is 11.3 Å². The summed E-state index contributed by atoms with van der Waals surface area (Å²) in [6.45, 7) is 1.98. The van der Waals surface area contributed by atoms with E-state index in [-0.39, 0.29) is 23.4 Å². The van der Waals surface area contributed by atoms with Crippen molar-refractivity contribution < 1.29 is 13.2 Å². The van der Waals surface area contributed by atoms with Gasteiger partial charge in [0.1, 0.15) is 0 Å². The van der Waals surface area contributed by atoms with Gasteiger partial charge >= 0.3 is 0 Å². The van der Waals surface area contributed by atoms with Crippen molar-refractivity contribution in [2.75, 3.05) is 17.2 Å². The van der Waals surface area contributed by atoms with Crippen molar-refractivity contribution >= 4 is 27.3 Å². The number of amides is 1. The molecule has 3 aromatic carbocycles. The lowest BCUT2D eigenvalue weighted by molar-refractivity contribution is 0.102. The molecule has 3 aromatic rings. The summed E-state index contributed by atoms with van der Waals surface area (Å²) in [6.07, 6.45) is 5.08. The third kappa shape index (κ3) is 5.95. The number of sulfonamides is 1. The third-order valence-corrected chi connectivity index (χ3v) is 6.03. The van der Waals surface area contributed by atoms with Crippen molar-refractivity contribution in [1.82, 2.24) is 4.72 Å².